The molecule has 11 heteroatoms. The van der Waals surface area contributed by atoms with Crippen molar-refractivity contribution < 1.29 is 24.2 Å². The summed E-state index contributed by atoms with van der Waals surface area (Å²) in [6.07, 6.45) is 1.85. The zero-order valence-corrected chi connectivity index (χ0v) is 30.4. The number of carbonyl (C=O) groups excluding carboxylic acids is 3. The molecule has 0 radical (unpaired) electrons. The van der Waals surface area contributed by atoms with E-state index < -0.39 is 24.2 Å². The molecule has 0 aromatic heterocycles. The lowest BCUT2D eigenvalue weighted by Crippen LogP contribution is -2.58. The van der Waals surface area contributed by atoms with E-state index in [1.165, 1.54) is 0 Å². The molecule has 4 aromatic rings. The highest BCUT2D eigenvalue weighted by Gasteiger charge is 2.37. The molecule has 8 N–H and O–H groups in total. The summed E-state index contributed by atoms with van der Waals surface area (Å²) in [5.41, 5.74) is 20.0. The first-order valence-corrected chi connectivity index (χ1v) is 18.0. The second-order valence-corrected chi connectivity index (χ2v) is 13.6. The second kappa shape index (κ2) is 18.1. The number of anilines is 2. The van der Waals surface area contributed by atoms with E-state index in [2.05, 4.69) is 22.5 Å². The van der Waals surface area contributed by atoms with Crippen molar-refractivity contribution >= 4 is 29.3 Å². The predicted octanol–water partition coefficient (Wildman–Crippen LogP) is 5.62. The first kappa shape index (κ1) is 38.4. The number of aryl methyl sites for hydroxylation is 2. The van der Waals surface area contributed by atoms with Crippen LogP contribution in [0.2, 0.25) is 0 Å². The van der Waals surface area contributed by atoms with Gasteiger partial charge in [-0.15, -0.1) is 0 Å². The van der Waals surface area contributed by atoms with Crippen molar-refractivity contribution in [2.45, 2.75) is 77.2 Å². The van der Waals surface area contributed by atoms with Crippen molar-refractivity contribution in [1.82, 2.24) is 15.5 Å². The molecule has 1 aliphatic rings. The Balaban J connectivity index is 1.28. The van der Waals surface area contributed by atoms with Crippen LogP contribution >= 0.6 is 0 Å². The number of phenols is 1. The molecule has 3 unspecified atom stereocenters. The number of nitrogens with one attached hydrogen (secondary N) is 3. The highest BCUT2D eigenvalue weighted by molar-refractivity contribution is 5.91. The van der Waals surface area contributed by atoms with Gasteiger partial charge in [-0.25, -0.2) is 4.79 Å². The molecule has 1 heterocycles. The number of aromatic hydroxyl groups is 1. The van der Waals surface area contributed by atoms with Gasteiger partial charge in [0.25, 0.3) is 0 Å². The van der Waals surface area contributed by atoms with Gasteiger partial charge in [0.2, 0.25) is 11.8 Å². The Bertz CT molecular complexity index is 1890. The van der Waals surface area contributed by atoms with Gasteiger partial charge in [-0.1, -0.05) is 73.3 Å². The largest absolute Gasteiger partial charge is 0.508 e. The van der Waals surface area contributed by atoms with Crippen LogP contribution < -0.4 is 27.4 Å². The Morgan fingerprint density at radius 3 is 2.32 bits per heavy atom. The zero-order chi connectivity index (χ0) is 37.9. The first-order valence-electron chi connectivity index (χ1n) is 18.0. The average Bonchev–Trinajstić information content (AvgIpc) is 3.15. The van der Waals surface area contributed by atoms with Gasteiger partial charge in [0.05, 0.1) is 23.5 Å². The van der Waals surface area contributed by atoms with Gasteiger partial charge in [0.1, 0.15) is 18.4 Å². The molecule has 11 nitrogen and oxygen atoms in total. The molecule has 278 valence electrons. The topological polar surface area (TPSA) is 172 Å². The van der Waals surface area contributed by atoms with Crippen LogP contribution in [0.1, 0.15) is 52.6 Å². The fraction of sp³-hybridized carbons (Fsp3) is 0.310. The van der Waals surface area contributed by atoms with Crippen LogP contribution in [0.25, 0.3) is 0 Å². The summed E-state index contributed by atoms with van der Waals surface area (Å²) in [4.78, 5) is 42.3. The number of phenolic OH excluding ortho intramolecular Hbond substituents is 1. The van der Waals surface area contributed by atoms with E-state index in [1.807, 2.05) is 86.6 Å². The summed E-state index contributed by atoms with van der Waals surface area (Å²) < 4.78 is 5.32. The fourth-order valence-corrected chi connectivity index (χ4v) is 6.71. The van der Waals surface area contributed by atoms with Crippen molar-refractivity contribution in [2.24, 2.45) is 5.73 Å². The van der Waals surface area contributed by atoms with Crippen molar-refractivity contribution in [2.75, 3.05) is 17.6 Å². The van der Waals surface area contributed by atoms with Crippen LogP contribution in [0.3, 0.4) is 0 Å². The number of hydrogen-bond acceptors (Lipinski definition) is 8. The summed E-state index contributed by atoms with van der Waals surface area (Å²) in [5, 5.41) is 19.3. The molecule has 0 saturated carbocycles. The minimum atomic E-state index is -0.905. The quantitative estimate of drug-likeness (QED) is 0.0679. The SMILES string of the molecule is C=C(Nc1ccccc1N)C(CCCCNC(=O)OCc1ccccc1)NC(=O)C1Cc2ccccc2CN1C(=O)C(N)Cc1c(C)cc(O)cc1C. The van der Waals surface area contributed by atoms with Gasteiger partial charge in [-0.2, -0.15) is 0 Å². The Morgan fingerprint density at radius 2 is 1.60 bits per heavy atom. The highest BCUT2D eigenvalue weighted by Crippen LogP contribution is 2.27. The molecule has 5 rings (SSSR count). The highest BCUT2D eigenvalue weighted by atomic mass is 16.5. The molecule has 3 amide bonds. The van der Waals surface area contributed by atoms with Crippen LogP contribution in [0.15, 0.2) is 103 Å². The van der Waals surface area contributed by atoms with Crippen molar-refractivity contribution in [3.63, 3.8) is 0 Å². The molecule has 0 saturated heterocycles. The summed E-state index contributed by atoms with van der Waals surface area (Å²) in [5.74, 6) is -0.498. The molecule has 0 bridgehead atoms. The number of nitrogen functional groups attached to an aromatic ring is 1. The average molecular weight is 719 g/mol. The number of nitrogens with two attached hydrogens (primary N) is 2. The third-order valence-corrected chi connectivity index (χ3v) is 9.65. The normalized spacial score (nSPS) is 14.7. The number of amides is 3. The molecule has 1 aliphatic heterocycles. The standard InChI is InChI=1S/C42H50N6O5/c1-27-21-33(49)22-28(2)34(27)24-36(44)41(51)48-25-32-16-8-7-15-31(32)23-39(48)40(50)47-37(29(3)46-38-19-10-9-17-35(38)43)18-11-12-20-45-42(52)53-26-30-13-5-4-6-14-30/h4-10,13-17,19,21-22,36-37,39,46,49H,3,11-12,18,20,23-26,43-44H2,1-2H3,(H,45,52)(H,47,50). The van der Waals surface area contributed by atoms with E-state index in [0.717, 1.165) is 33.4 Å². The molecule has 0 spiro atoms. The number of hydrogen-bond donors (Lipinski definition) is 6. The molecule has 0 aliphatic carbocycles. The molecule has 4 aromatic carbocycles. The molecule has 53 heavy (non-hydrogen) atoms. The van der Waals surface area contributed by atoms with Crippen LogP contribution in [0, 0.1) is 13.8 Å². The van der Waals surface area contributed by atoms with E-state index in [-0.39, 0.29) is 37.1 Å². The number of benzene rings is 4. The number of fused-ring (bicyclic) bond motifs is 1. The smallest absolute Gasteiger partial charge is 0.407 e. The van der Waals surface area contributed by atoms with E-state index in [1.54, 1.807) is 23.1 Å². The maximum atomic E-state index is 14.3. The Hall–Kier alpha value is -5.81. The van der Waals surface area contributed by atoms with Crippen molar-refractivity contribution in [3.8, 4) is 5.75 Å². The fourth-order valence-electron chi connectivity index (χ4n) is 6.71. The number of ether oxygens (including phenoxy) is 1. The summed E-state index contributed by atoms with van der Waals surface area (Å²) in [7, 11) is 0. The van der Waals surface area contributed by atoms with Crippen LogP contribution in [-0.4, -0.2) is 52.6 Å². The summed E-state index contributed by atoms with van der Waals surface area (Å²) in [6, 6.07) is 25.6. The lowest BCUT2D eigenvalue weighted by atomic mass is 9.91. The number of unbranched alkanes of at least 4 members (excludes halogenated alkanes) is 1. The van der Waals surface area contributed by atoms with Gasteiger partial charge in [-0.3, -0.25) is 9.59 Å². The molecule has 0 fully saturated rings. The summed E-state index contributed by atoms with van der Waals surface area (Å²) in [6.45, 7) is 8.84. The number of nitrogens with zero attached hydrogens (tertiary/aromatic N) is 1. The first-order chi connectivity index (χ1) is 25.5. The van der Waals surface area contributed by atoms with Crippen molar-refractivity contribution in [1.29, 1.82) is 0 Å². The van der Waals surface area contributed by atoms with Gasteiger partial charge in [-0.05, 0) is 97.2 Å². The summed E-state index contributed by atoms with van der Waals surface area (Å²) >= 11 is 0. The van der Waals surface area contributed by atoms with Gasteiger partial charge in [0.15, 0.2) is 0 Å². The molecular formula is C42H50N6O5. The minimum absolute atomic E-state index is 0.159. The number of para-hydroxylation sites is 2. The van der Waals surface area contributed by atoms with E-state index in [4.69, 9.17) is 16.2 Å². The lowest BCUT2D eigenvalue weighted by molar-refractivity contribution is -0.143. The molecular weight excluding hydrogens is 668 g/mol. The van der Waals surface area contributed by atoms with Crippen LogP contribution in [0.4, 0.5) is 16.2 Å². The maximum Gasteiger partial charge on any atom is 0.407 e. The van der Waals surface area contributed by atoms with Gasteiger partial charge in [0, 0.05) is 25.2 Å². The number of alkyl carbamates (subject to hydrolysis) is 1. The van der Waals surface area contributed by atoms with E-state index in [0.29, 0.717) is 49.3 Å². The monoisotopic (exact) mass is 718 g/mol. The Morgan fingerprint density at radius 1 is 0.943 bits per heavy atom. The van der Waals surface area contributed by atoms with Crippen LogP contribution in [0.5, 0.6) is 5.75 Å². The van der Waals surface area contributed by atoms with Crippen LogP contribution in [-0.2, 0) is 40.3 Å². The van der Waals surface area contributed by atoms with E-state index >= 15 is 0 Å². The molecule has 3 atom stereocenters. The third kappa shape index (κ3) is 10.4. The number of rotatable bonds is 15. The van der Waals surface area contributed by atoms with Crippen molar-refractivity contribution in [3.05, 3.63) is 137 Å². The van der Waals surface area contributed by atoms with Gasteiger partial charge < -0.3 is 42.2 Å². The van der Waals surface area contributed by atoms with Gasteiger partial charge >= 0.3 is 6.09 Å². The predicted molar refractivity (Wildman–Crippen MR) is 208 cm³/mol. The Labute approximate surface area is 311 Å². The Kier molecular flexibility index (Phi) is 13.1. The maximum absolute atomic E-state index is 14.3. The lowest BCUT2D eigenvalue weighted by Gasteiger charge is -2.38. The third-order valence-electron chi connectivity index (χ3n) is 9.65. The van der Waals surface area contributed by atoms with E-state index in [9.17, 15) is 19.5 Å². The number of carbonyl (C=O) groups is 3. The second-order valence-electron chi connectivity index (χ2n) is 13.6. The zero-order valence-electron chi connectivity index (χ0n) is 30.4. The minimum Gasteiger partial charge on any atom is -0.508 e.